The fourth-order valence-corrected chi connectivity index (χ4v) is 7.11. The molecule has 2 fully saturated rings. The average Bonchev–Trinajstić information content (AvgIpc) is 3.73. The summed E-state index contributed by atoms with van der Waals surface area (Å²) in [6.07, 6.45) is 4.83. The van der Waals surface area contributed by atoms with Crippen molar-refractivity contribution in [2.45, 2.75) is 72.3 Å². The van der Waals surface area contributed by atoms with E-state index in [0.717, 1.165) is 54.1 Å². The number of nitrogens with one attached hydrogen (secondary N) is 2. The van der Waals surface area contributed by atoms with Gasteiger partial charge in [0.05, 0.1) is 12.3 Å². The van der Waals surface area contributed by atoms with Gasteiger partial charge in [0, 0.05) is 35.0 Å². The highest BCUT2D eigenvalue weighted by Crippen LogP contribution is 2.41. The molecule has 0 spiro atoms. The van der Waals surface area contributed by atoms with Crippen molar-refractivity contribution in [1.29, 1.82) is 0 Å². The van der Waals surface area contributed by atoms with Gasteiger partial charge in [-0.25, -0.2) is 0 Å². The molecule has 3 aliphatic heterocycles. The molecule has 7 heteroatoms. The third-order valence-electron chi connectivity index (χ3n) is 9.20. The molecule has 7 nitrogen and oxygen atoms in total. The topological polar surface area (TPSA) is 71.6 Å². The Bertz CT molecular complexity index is 1330. The van der Waals surface area contributed by atoms with Gasteiger partial charge in [0.25, 0.3) is 0 Å². The van der Waals surface area contributed by atoms with Gasteiger partial charge < -0.3 is 24.4 Å². The third-order valence-corrected chi connectivity index (χ3v) is 9.20. The molecule has 3 aromatic rings. The van der Waals surface area contributed by atoms with Gasteiger partial charge in [0.1, 0.15) is 0 Å². The molecule has 0 radical (unpaired) electrons. The predicted octanol–water partition coefficient (Wildman–Crippen LogP) is 6.25. The predicted molar refractivity (Wildman–Crippen MR) is 163 cm³/mol. The van der Waals surface area contributed by atoms with Gasteiger partial charge in [-0.3, -0.25) is 5.10 Å². The Balaban J connectivity index is 1.14. The Labute approximate surface area is 245 Å². The van der Waals surface area contributed by atoms with Crippen molar-refractivity contribution in [3.05, 3.63) is 58.7 Å². The normalized spacial score (nSPS) is 21.9. The standard InChI is InChI=1S/C34H46N4O3/c1-22-14-23(2)16-27(15-22)32-31(24(3)19-35-11-8-25-6-7-29-30(17-25)41-21-40-29)33(37-36-32)39-20-34(4,5)18-28-26-9-12-38(28)13-10-26/h6-7,14-17,24,26,28,35H,8-13,18-21H2,1-5H3,(H,36,37)/t24-,28?/m1/s1. The van der Waals surface area contributed by atoms with E-state index in [1.165, 1.54) is 54.6 Å². The van der Waals surface area contributed by atoms with Crippen molar-refractivity contribution in [1.82, 2.24) is 20.4 Å². The van der Waals surface area contributed by atoms with Gasteiger partial charge in [-0.05, 0) is 94.9 Å². The first kappa shape index (κ1) is 28.1. The van der Waals surface area contributed by atoms with E-state index in [-0.39, 0.29) is 11.3 Å². The number of H-pyrrole nitrogens is 1. The van der Waals surface area contributed by atoms with Crippen LogP contribution in [0.5, 0.6) is 17.4 Å². The number of aryl methyl sites for hydroxylation is 2. The van der Waals surface area contributed by atoms with Gasteiger partial charge in [-0.1, -0.05) is 44.0 Å². The molecule has 41 heavy (non-hydrogen) atoms. The third kappa shape index (κ3) is 6.26. The van der Waals surface area contributed by atoms with Crippen LogP contribution in [0.3, 0.4) is 0 Å². The van der Waals surface area contributed by atoms with Crippen LogP contribution in [0.2, 0.25) is 0 Å². The molecular weight excluding hydrogens is 512 g/mol. The molecule has 3 aliphatic rings. The Kier molecular flexibility index (Phi) is 8.01. The Hall–Kier alpha value is -3.03. The van der Waals surface area contributed by atoms with Crippen molar-refractivity contribution in [3.8, 4) is 28.6 Å². The summed E-state index contributed by atoms with van der Waals surface area (Å²) in [6.45, 7) is 16.5. The number of rotatable bonds is 12. The Morgan fingerprint density at radius 2 is 1.83 bits per heavy atom. The number of hydrogen-bond donors (Lipinski definition) is 2. The van der Waals surface area contributed by atoms with Crippen molar-refractivity contribution in [2.75, 3.05) is 39.6 Å². The molecule has 2 N–H and O–H groups in total. The number of benzene rings is 2. The lowest BCUT2D eigenvalue weighted by Gasteiger charge is -2.30. The molecule has 0 saturated carbocycles. The van der Waals surface area contributed by atoms with E-state index in [2.05, 4.69) is 80.3 Å². The minimum Gasteiger partial charge on any atom is -0.476 e. The first-order valence-corrected chi connectivity index (χ1v) is 15.4. The van der Waals surface area contributed by atoms with Gasteiger partial charge in [0.2, 0.25) is 12.7 Å². The van der Waals surface area contributed by atoms with Crippen molar-refractivity contribution in [3.63, 3.8) is 0 Å². The van der Waals surface area contributed by atoms with E-state index in [9.17, 15) is 0 Å². The first-order valence-electron chi connectivity index (χ1n) is 15.4. The minimum absolute atomic E-state index is 0.0816. The van der Waals surface area contributed by atoms with Crippen LogP contribution in [0, 0.1) is 25.2 Å². The van der Waals surface area contributed by atoms with E-state index >= 15 is 0 Å². The molecule has 6 rings (SSSR count). The van der Waals surface area contributed by atoms with Crippen molar-refractivity contribution >= 4 is 0 Å². The van der Waals surface area contributed by atoms with E-state index < -0.39 is 0 Å². The number of piperidine rings is 1. The smallest absolute Gasteiger partial charge is 0.236 e. The summed E-state index contributed by atoms with van der Waals surface area (Å²) in [5.74, 6) is 3.51. The summed E-state index contributed by atoms with van der Waals surface area (Å²) < 4.78 is 17.6. The van der Waals surface area contributed by atoms with Gasteiger partial charge in [-0.15, -0.1) is 5.10 Å². The lowest BCUT2D eigenvalue weighted by molar-refractivity contribution is 0.127. The van der Waals surface area contributed by atoms with Gasteiger partial charge in [0.15, 0.2) is 11.5 Å². The van der Waals surface area contributed by atoms with E-state index in [1.54, 1.807) is 0 Å². The van der Waals surface area contributed by atoms with E-state index in [4.69, 9.17) is 19.3 Å². The molecule has 2 saturated heterocycles. The van der Waals surface area contributed by atoms with E-state index in [0.29, 0.717) is 19.4 Å². The van der Waals surface area contributed by atoms with Gasteiger partial charge >= 0.3 is 0 Å². The summed E-state index contributed by atoms with van der Waals surface area (Å²) in [7, 11) is 0. The number of fused-ring (bicyclic) bond motifs is 3. The zero-order valence-corrected chi connectivity index (χ0v) is 25.4. The fourth-order valence-electron chi connectivity index (χ4n) is 7.11. The van der Waals surface area contributed by atoms with Crippen LogP contribution in [-0.4, -0.2) is 60.7 Å². The highest BCUT2D eigenvalue weighted by molar-refractivity contribution is 5.67. The largest absolute Gasteiger partial charge is 0.476 e. The summed E-state index contributed by atoms with van der Waals surface area (Å²) in [5.41, 5.74) is 7.21. The Morgan fingerprint density at radius 1 is 1.07 bits per heavy atom. The molecular formula is C34H46N4O3. The fraction of sp³-hybridized carbons (Fsp3) is 0.559. The second kappa shape index (κ2) is 11.7. The highest BCUT2D eigenvalue weighted by atomic mass is 16.7. The number of aromatic nitrogens is 2. The average molecular weight is 559 g/mol. The monoisotopic (exact) mass is 558 g/mol. The maximum absolute atomic E-state index is 6.59. The van der Waals surface area contributed by atoms with Crippen LogP contribution in [0.15, 0.2) is 36.4 Å². The first-order chi connectivity index (χ1) is 19.8. The summed E-state index contributed by atoms with van der Waals surface area (Å²) >= 11 is 0. The maximum atomic E-state index is 6.59. The molecule has 2 bridgehead atoms. The molecule has 1 aromatic heterocycles. The maximum Gasteiger partial charge on any atom is 0.236 e. The summed E-state index contributed by atoms with van der Waals surface area (Å²) in [4.78, 5) is 2.70. The molecule has 4 heterocycles. The second-order valence-electron chi connectivity index (χ2n) is 13.3. The SMILES string of the molecule is Cc1cc(C)cc(-c2[nH]nc(OCC(C)(C)CC3C4CCN3CC4)c2[C@H](C)CNCCc2ccc3c(c2)OCO3)c1. The van der Waals surface area contributed by atoms with Crippen molar-refractivity contribution < 1.29 is 14.2 Å². The number of nitrogens with zero attached hydrogens (tertiary/aromatic N) is 2. The summed E-state index contributed by atoms with van der Waals surface area (Å²) in [5, 5.41) is 11.8. The lowest BCUT2D eigenvalue weighted by Crippen LogP contribution is -2.34. The number of aromatic amines is 1. The molecule has 2 aromatic carbocycles. The Morgan fingerprint density at radius 3 is 2.56 bits per heavy atom. The lowest BCUT2D eigenvalue weighted by atomic mass is 9.83. The van der Waals surface area contributed by atoms with Crippen LogP contribution in [0.1, 0.15) is 68.2 Å². The van der Waals surface area contributed by atoms with Crippen LogP contribution >= 0.6 is 0 Å². The quantitative estimate of drug-likeness (QED) is 0.256. The summed E-state index contributed by atoms with van der Waals surface area (Å²) in [6, 6.07) is 13.6. The van der Waals surface area contributed by atoms with Crippen LogP contribution in [0.25, 0.3) is 11.3 Å². The molecule has 0 amide bonds. The van der Waals surface area contributed by atoms with Crippen LogP contribution in [-0.2, 0) is 6.42 Å². The number of hydrogen-bond acceptors (Lipinski definition) is 6. The zero-order valence-electron chi connectivity index (χ0n) is 25.4. The van der Waals surface area contributed by atoms with Gasteiger partial charge in [-0.2, -0.15) is 0 Å². The van der Waals surface area contributed by atoms with E-state index in [1.807, 2.05) is 6.07 Å². The number of ether oxygens (including phenoxy) is 3. The molecule has 1 unspecified atom stereocenters. The molecule has 2 atom stereocenters. The van der Waals surface area contributed by atoms with Crippen LogP contribution in [0.4, 0.5) is 0 Å². The van der Waals surface area contributed by atoms with Crippen LogP contribution < -0.4 is 19.5 Å². The second-order valence-corrected chi connectivity index (χ2v) is 13.3. The molecule has 0 aliphatic carbocycles. The van der Waals surface area contributed by atoms with Crippen molar-refractivity contribution in [2.24, 2.45) is 11.3 Å². The zero-order chi connectivity index (χ0) is 28.6. The highest BCUT2D eigenvalue weighted by Gasteiger charge is 2.42. The minimum atomic E-state index is 0.0816. The molecule has 220 valence electrons.